The summed E-state index contributed by atoms with van der Waals surface area (Å²) in [5, 5.41) is 9.17. The number of nitrogens with two attached hydrogens (primary N) is 1. The van der Waals surface area contributed by atoms with E-state index in [1.54, 1.807) is 11.6 Å². The minimum atomic E-state index is 0.475. The number of halogens is 1. The number of aryl methyl sites for hydroxylation is 1. The van der Waals surface area contributed by atoms with Gasteiger partial charge in [0.1, 0.15) is 5.52 Å². The molecule has 0 bridgehead atoms. The van der Waals surface area contributed by atoms with Crippen molar-refractivity contribution in [2.24, 2.45) is 17.8 Å². The Balaban J connectivity index is 2.21. The fourth-order valence-electron chi connectivity index (χ4n) is 1.58. The van der Waals surface area contributed by atoms with Crippen molar-refractivity contribution in [1.82, 2.24) is 15.0 Å². The first-order valence-corrected chi connectivity index (χ1v) is 6.94. The van der Waals surface area contributed by atoms with Gasteiger partial charge < -0.3 is 5.73 Å². The molecule has 2 rings (SSSR count). The molecule has 0 aliphatic heterocycles. The van der Waals surface area contributed by atoms with Gasteiger partial charge in [-0.3, -0.25) is 0 Å². The lowest BCUT2D eigenvalue weighted by atomic mass is 10.2. The molecule has 7 heteroatoms. The van der Waals surface area contributed by atoms with Gasteiger partial charge in [-0.2, -0.15) is 0 Å². The van der Waals surface area contributed by atoms with Crippen LogP contribution in [0.25, 0.3) is 11.0 Å². The molecule has 0 unspecified atom stereocenters. The molecular formula is C12H14ClN5S. The molecule has 0 spiro atoms. The molecule has 2 N–H and O–H groups in total. The fraction of sp³-hybridized carbons (Fsp3) is 0.250. The number of nitrogens with zero attached hydrogens (tertiary/aromatic N) is 4. The Bertz CT molecular complexity index is 661. The highest BCUT2D eigenvalue weighted by molar-refractivity contribution is 8.13. The number of rotatable bonds is 3. The van der Waals surface area contributed by atoms with Gasteiger partial charge in [-0.15, -0.1) is 5.10 Å². The molecule has 0 amide bonds. The van der Waals surface area contributed by atoms with Crippen LogP contribution in [0.3, 0.4) is 0 Å². The smallest absolute Gasteiger partial charge is 0.159 e. The van der Waals surface area contributed by atoms with E-state index in [-0.39, 0.29) is 0 Å². The first kappa shape index (κ1) is 13.9. The van der Waals surface area contributed by atoms with E-state index in [1.807, 2.05) is 19.2 Å². The molecule has 1 aromatic heterocycles. The minimum Gasteiger partial charge on any atom is -0.378 e. The van der Waals surface area contributed by atoms with Crippen molar-refractivity contribution in [3.63, 3.8) is 0 Å². The SMILES string of the molecule is C=C(C)N=C(N)SCc1cc2nnn(C)c2cc1Cl. The van der Waals surface area contributed by atoms with Crippen molar-refractivity contribution >= 4 is 39.6 Å². The number of amidine groups is 1. The van der Waals surface area contributed by atoms with E-state index in [1.165, 1.54) is 11.8 Å². The third kappa shape index (κ3) is 3.27. The van der Waals surface area contributed by atoms with Crippen LogP contribution in [0.5, 0.6) is 0 Å². The van der Waals surface area contributed by atoms with Crippen LogP contribution in [0.4, 0.5) is 0 Å². The third-order valence-corrected chi connectivity index (χ3v) is 3.65. The molecule has 2 aromatic rings. The monoisotopic (exact) mass is 295 g/mol. The van der Waals surface area contributed by atoms with Gasteiger partial charge in [0.05, 0.1) is 5.52 Å². The van der Waals surface area contributed by atoms with E-state index >= 15 is 0 Å². The molecule has 1 heterocycles. The lowest BCUT2D eigenvalue weighted by Gasteiger charge is -2.04. The van der Waals surface area contributed by atoms with Gasteiger partial charge in [-0.1, -0.05) is 35.2 Å². The largest absolute Gasteiger partial charge is 0.378 e. The first-order chi connectivity index (χ1) is 8.97. The molecular weight excluding hydrogens is 282 g/mol. The van der Waals surface area contributed by atoms with Crippen LogP contribution in [0, 0.1) is 0 Å². The zero-order chi connectivity index (χ0) is 14.0. The zero-order valence-electron chi connectivity index (χ0n) is 10.7. The number of fused-ring (bicyclic) bond motifs is 1. The van der Waals surface area contributed by atoms with Crippen molar-refractivity contribution in [2.45, 2.75) is 12.7 Å². The molecule has 0 saturated heterocycles. The number of benzene rings is 1. The highest BCUT2D eigenvalue weighted by atomic mass is 35.5. The fourth-order valence-corrected chi connectivity index (χ4v) is 2.65. The summed E-state index contributed by atoms with van der Waals surface area (Å²) in [5.41, 5.74) is 9.13. The van der Waals surface area contributed by atoms with Gasteiger partial charge in [0.2, 0.25) is 0 Å². The summed E-state index contributed by atoms with van der Waals surface area (Å²) in [6.45, 7) is 5.48. The Morgan fingerprint density at radius 3 is 3.00 bits per heavy atom. The molecule has 0 saturated carbocycles. The summed E-state index contributed by atoms with van der Waals surface area (Å²) in [7, 11) is 1.83. The number of aliphatic imine (C=N–C) groups is 1. The van der Waals surface area contributed by atoms with Crippen LogP contribution >= 0.6 is 23.4 Å². The van der Waals surface area contributed by atoms with Crippen molar-refractivity contribution < 1.29 is 0 Å². The average molecular weight is 296 g/mol. The Morgan fingerprint density at radius 2 is 2.32 bits per heavy atom. The second-order valence-corrected chi connectivity index (χ2v) is 5.52. The normalized spacial score (nSPS) is 12.1. The van der Waals surface area contributed by atoms with E-state index < -0.39 is 0 Å². The Labute approximate surface area is 120 Å². The lowest BCUT2D eigenvalue weighted by Crippen LogP contribution is -2.06. The topological polar surface area (TPSA) is 69.1 Å². The molecule has 0 atom stereocenters. The summed E-state index contributed by atoms with van der Waals surface area (Å²) in [6.07, 6.45) is 0. The summed E-state index contributed by atoms with van der Waals surface area (Å²) in [4.78, 5) is 4.08. The highest BCUT2D eigenvalue weighted by Gasteiger charge is 2.08. The lowest BCUT2D eigenvalue weighted by molar-refractivity contribution is 0.736. The number of thioether (sulfide) groups is 1. The van der Waals surface area contributed by atoms with E-state index in [0.717, 1.165) is 16.6 Å². The maximum Gasteiger partial charge on any atom is 0.159 e. The van der Waals surface area contributed by atoms with Crippen LogP contribution in [-0.4, -0.2) is 20.2 Å². The molecule has 0 aliphatic rings. The van der Waals surface area contributed by atoms with Gasteiger partial charge in [0, 0.05) is 23.5 Å². The number of hydrogen-bond donors (Lipinski definition) is 1. The summed E-state index contributed by atoms with van der Waals surface area (Å²) < 4.78 is 1.69. The molecule has 0 fully saturated rings. The van der Waals surface area contributed by atoms with Crippen LogP contribution in [0.15, 0.2) is 29.4 Å². The van der Waals surface area contributed by atoms with E-state index in [9.17, 15) is 0 Å². The zero-order valence-corrected chi connectivity index (χ0v) is 12.3. The van der Waals surface area contributed by atoms with Crippen molar-refractivity contribution in [2.75, 3.05) is 0 Å². The standard InChI is InChI=1S/C12H14ClN5S/c1-7(2)15-12(14)19-6-8-4-10-11(5-9(8)13)18(3)17-16-10/h4-5H,1,6H2,2-3H3,(H2,14,15). The molecule has 0 radical (unpaired) electrons. The molecule has 0 aliphatic carbocycles. The molecule has 5 nitrogen and oxygen atoms in total. The van der Waals surface area contributed by atoms with E-state index in [4.69, 9.17) is 17.3 Å². The van der Waals surface area contributed by atoms with Gasteiger partial charge in [-0.05, 0) is 24.6 Å². The number of allylic oxidation sites excluding steroid dienone is 1. The maximum atomic E-state index is 6.24. The third-order valence-electron chi connectivity index (χ3n) is 2.46. The van der Waals surface area contributed by atoms with Crippen LogP contribution in [0.1, 0.15) is 12.5 Å². The van der Waals surface area contributed by atoms with Gasteiger partial charge in [0.25, 0.3) is 0 Å². The minimum absolute atomic E-state index is 0.475. The number of hydrogen-bond acceptors (Lipinski definition) is 4. The van der Waals surface area contributed by atoms with Crippen LogP contribution < -0.4 is 5.73 Å². The van der Waals surface area contributed by atoms with E-state index in [2.05, 4.69) is 21.9 Å². The van der Waals surface area contributed by atoms with Gasteiger partial charge in [0.15, 0.2) is 5.17 Å². The van der Waals surface area contributed by atoms with E-state index in [0.29, 0.717) is 21.6 Å². The molecule has 19 heavy (non-hydrogen) atoms. The quantitative estimate of drug-likeness (QED) is 0.698. The van der Waals surface area contributed by atoms with Gasteiger partial charge in [-0.25, -0.2) is 9.67 Å². The predicted octanol–water partition coefficient (Wildman–Crippen LogP) is 2.70. The Hall–Kier alpha value is -1.53. The Kier molecular flexibility index (Phi) is 4.11. The van der Waals surface area contributed by atoms with Crippen LogP contribution in [0.2, 0.25) is 5.02 Å². The Morgan fingerprint density at radius 1 is 1.58 bits per heavy atom. The summed E-state index contributed by atoms with van der Waals surface area (Å²) in [5.74, 6) is 0.633. The second-order valence-electron chi connectivity index (χ2n) is 4.12. The first-order valence-electron chi connectivity index (χ1n) is 5.57. The molecule has 100 valence electrons. The summed E-state index contributed by atoms with van der Waals surface area (Å²) >= 11 is 7.66. The highest BCUT2D eigenvalue weighted by Crippen LogP contribution is 2.26. The number of aromatic nitrogens is 3. The van der Waals surface area contributed by atoms with Crippen molar-refractivity contribution in [3.8, 4) is 0 Å². The van der Waals surface area contributed by atoms with Crippen molar-refractivity contribution in [1.29, 1.82) is 0 Å². The van der Waals surface area contributed by atoms with Crippen molar-refractivity contribution in [3.05, 3.63) is 35.0 Å². The maximum absolute atomic E-state index is 6.24. The van der Waals surface area contributed by atoms with Gasteiger partial charge >= 0.3 is 0 Å². The average Bonchev–Trinajstić information content (AvgIpc) is 2.67. The second kappa shape index (κ2) is 5.63. The summed E-state index contributed by atoms with van der Waals surface area (Å²) in [6, 6.07) is 3.78. The predicted molar refractivity (Wildman–Crippen MR) is 81.3 cm³/mol. The van der Waals surface area contributed by atoms with Crippen LogP contribution in [-0.2, 0) is 12.8 Å². The molecule has 1 aromatic carbocycles.